The highest BCUT2D eigenvalue weighted by Crippen LogP contribution is 2.41. The zero-order chi connectivity index (χ0) is 13.5. The van der Waals surface area contributed by atoms with Crippen molar-refractivity contribution in [1.82, 2.24) is 9.97 Å². The highest BCUT2D eigenvalue weighted by atomic mass is 35.5. The lowest BCUT2D eigenvalue weighted by Crippen LogP contribution is -2.49. The Kier molecular flexibility index (Phi) is 3.55. The lowest BCUT2D eigenvalue weighted by molar-refractivity contribution is 0.420. The molecule has 0 spiro atoms. The quantitative estimate of drug-likeness (QED) is 0.776. The first kappa shape index (κ1) is 13.2. The van der Waals surface area contributed by atoms with Crippen molar-refractivity contribution < 1.29 is 0 Å². The summed E-state index contributed by atoms with van der Waals surface area (Å²) < 4.78 is 0. The fraction of sp³-hybridized carbons (Fsp3) is 0.733. The molecule has 0 bridgehead atoms. The van der Waals surface area contributed by atoms with E-state index in [1.165, 1.54) is 44.3 Å². The second-order valence-corrected chi connectivity index (χ2v) is 7.87. The van der Waals surface area contributed by atoms with Crippen LogP contribution >= 0.6 is 23.4 Å². The van der Waals surface area contributed by atoms with E-state index in [1.54, 1.807) is 0 Å². The number of hydrogen-bond donors (Lipinski definition) is 0. The molecule has 1 aromatic heterocycles. The van der Waals surface area contributed by atoms with Crippen LogP contribution in [0.15, 0.2) is 6.07 Å². The Balaban J connectivity index is 1.64. The Labute approximate surface area is 129 Å². The number of rotatable bonds is 2. The third kappa shape index (κ3) is 2.52. The molecular formula is C15H20ClN3S. The molecule has 3 nitrogen and oxygen atoms in total. The first-order valence-corrected chi connectivity index (χ1v) is 9.16. The summed E-state index contributed by atoms with van der Waals surface area (Å²) in [6.45, 7) is 1.10. The molecule has 4 rings (SSSR count). The molecule has 5 heteroatoms. The molecule has 2 atom stereocenters. The lowest BCUT2D eigenvalue weighted by Gasteiger charge is -2.44. The summed E-state index contributed by atoms with van der Waals surface area (Å²) in [4.78, 5) is 11.8. The van der Waals surface area contributed by atoms with Gasteiger partial charge >= 0.3 is 0 Å². The van der Waals surface area contributed by atoms with Crippen LogP contribution in [0, 0.1) is 0 Å². The van der Waals surface area contributed by atoms with Crippen LogP contribution in [0.2, 0.25) is 5.15 Å². The van der Waals surface area contributed by atoms with Crippen molar-refractivity contribution in [2.24, 2.45) is 0 Å². The number of aromatic nitrogens is 2. The van der Waals surface area contributed by atoms with Crippen LogP contribution in [0.3, 0.4) is 0 Å². The normalized spacial score (nSPS) is 30.1. The van der Waals surface area contributed by atoms with E-state index in [9.17, 15) is 0 Å². The molecule has 0 aromatic carbocycles. The summed E-state index contributed by atoms with van der Waals surface area (Å²) in [5, 5.41) is 1.40. The highest BCUT2D eigenvalue weighted by Gasteiger charge is 2.35. The number of halogens is 1. The van der Waals surface area contributed by atoms with E-state index in [4.69, 9.17) is 16.6 Å². The van der Waals surface area contributed by atoms with Crippen molar-refractivity contribution in [1.29, 1.82) is 0 Å². The number of nitrogens with zero attached hydrogens (tertiary/aromatic N) is 3. The van der Waals surface area contributed by atoms with Crippen LogP contribution in [0.25, 0.3) is 0 Å². The van der Waals surface area contributed by atoms with E-state index in [1.807, 2.05) is 6.07 Å². The summed E-state index contributed by atoms with van der Waals surface area (Å²) in [5.41, 5.74) is 0. The molecule has 2 unspecified atom stereocenters. The molecule has 2 aliphatic carbocycles. The van der Waals surface area contributed by atoms with Gasteiger partial charge in [-0.25, -0.2) is 9.97 Å². The first-order valence-electron chi connectivity index (χ1n) is 7.74. The predicted molar refractivity (Wildman–Crippen MR) is 84.9 cm³/mol. The van der Waals surface area contributed by atoms with E-state index < -0.39 is 0 Å². The zero-order valence-electron chi connectivity index (χ0n) is 11.6. The summed E-state index contributed by atoms with van der Waals surface area (Å²) in [6.07, 6.45) is 7.86. The van der Waals surface area contributed by atoms with Gasteiger partial charge in [0.15, 0.2) is 0 Å². The van der Waals surface area contributed by atoms with E-state index in [2.05, 4.69) is 21.6 Å². The smallest absolute Gasteiger partial charge is 0.135 e. The average Bonchev–Trinajstić information content (AvgIpc) is 3.30. The van der Waals surface area contributed by atoms with E-state index in [0.29, 0.717) is 17.1 Å². The SMILES string of the molecule is Clc1cc(N2CCSC3CCCCC32)nc(C2CC2)n1. The van der Waals surface area contributed by atoms with E-state index in [-0.39, 0.29) is 0 Å². The second-order valence-electron chi connectivity index (χ2n) is 6.14. The van der Waals surface area contributed by atoms with Crippen LogP contribution in [0.5, 0.6) is 0 Å². The second kappa shape index (κ2) is 5.38. The molecule has 0 N–H and O–H groups in total. The molecule has 3 fully saturated rings. The van der Waals surface area contributed by atoms with Crippen LogP contribution in [-0.2, 0) is 0 Å². The van der Waals surface area contributed by atoms with Gasteiger partial charge in [0.2, 0.25) is 0 Å². The van der Waals surface area contributed by atoms with Gasteiger partial charge in [0.1, 0.15) is 16.8 Å². The Hall–Kier alpha value is -0.480. The van der Waals surface area contributed by atoms with Gasteiger partial charge in [-0.2, -0.15) is 11.8 Å². The maximum Gasteiger partial charge on any atom is 0.135 e. The van der Waals surface area contributed by atoms with Crippen molar-refractivity contribution >= 4 is 29.2 Å². The topological polar surface area (TPSA) is 29.0 Å². The lowest BCUT2D eigenvalue weighted by atomic mass is 9.93. The number of fused-ring (bicyclic) bond motifs is 1. The molecule has 1 aliphatic heterocycles. The van der Waals surface area contributed by atoms with Crippen LogP contribution in [0.4, 0.5) is 5.82 Å². The molecule has 108 valence electrons. The molecule has 0 radical (unpaired) electrons. The van der Waals surface area contributed by atoms with Gasteiger partial charge in [-0.1, -0.05) is 24.4 Å². The Bertz CT molecular complexity index is 504. The third-order valence-electron chi connectivity index (χ3n) is 4.67. The number of anilines is 1. The zero-order valence-corrected chi connectivity index (χ0v) is 13.2. The molecule has 0 amide bonds. The fourth-order valence-corrected chi connectivity index (χ4v) is 5.10. The minimum absolute atomic E-state index is 0.564. The number of thioether (sulfide) groups is 1. The van der Waals surface area contributed by atoms with Gasteiger partial charge in [0, 0.05) is 35.6 Å². The maximum atomic E-state index is 6.23. The standard InChI is InChI=1S/C15H20ClN3S/c16-13-9-14(18-15(17-13)10-5-6-10)19-7-8-20-12-4-2-1-3-11(12)19/h9-12H,1-8H2. The van der Waals surface area contributed by atoms with Crippen LogP contribution in [0.1, 0.15) is 50.3 Å². The minimum atomic E-state index is 0.564. The van der Waals surface area contributed by atoms with Gasteiger partial charge < -0.3 is 4.90 Å². The molecule has 1 aromatic rings. The van der Waals surface area contributed by atoms with Gasteiger partial charge in [0.05, 0.1) is 0 Å². The van der Waals surface area contributed by atoms with Crippen molar-refractivity contribution in [3.8, 4) is 0 Å². The Morgan fingerprint density at radius 2 is 2.00 bits per heavy atom. The first-order chi connectivity index (χ1) is 9.81. The molecule has 2 heterocycles. The Morgan fingerprint density at radius 3 is 2.85 bits per heavy atom. The van der Waals surface area contributed by atoms with Crippen molar-refractivity contribution in [3.05, 3.63) is 17.0 Å². The Morgan fingerprint density at radius 1 is 1.15 bits per heavy atom. The van der Waals surface area contributed by atoms with Gasteiger partial charge in [-0.15, -0.1) is 0 Å². The minimum Gasteiger partial charge on any atom is -0.352 e. The largest absolute Gasteiger partial charge is 0.352 e. The number of hydrogen-bond acceptors (Lipinski definition) is 4. The van der Waals surface area contributed by atoms with Gasteiger partial charge in [-0.3, -0.25) is 0 Å². The van der Waals surface area contributed by atoms with Crippen LogP contribution in [-0.4, -0.2) is 33.6 Å². The average molecular weight is 310 g/mol. The van der Waals surface area contributed by atoms with Crippen molar-refractivity contribution in [2.45, 2.75) is 55.7 Å². The highest BCUT2D eigenvalue weighted by molar-refractivity contribution is 8.00. The predicted octanol–water partition coefficient (Wildman–Crippen LogP) is 3.87. The molecule has 20 heavy (non-hydrogen) atoms. The summed E-state index contributed by atoms with van der Waals surface area (Å²) in [5.74, 6) is 3.82. The van der Waals surface area contributed by atoms with Crippen LogP contribution < -0.4 is 4.90 Å². The maximum absolute atomic E-state index is 6.23. The summed E-state index contributed by atoms with van der Waals surface area (Å²) in [6, 6.07) is 2.62. The molecule has 2 saturated carbocycles. The molecular weight excluding hydrogens is 290 g/mol. The summed E-state index contributed by atoms with van der Waals surface area (Å²) >= 11 is 8.39. The van der Waals surface area contributed by atoms with Gasteiger partial charge in [-0.05, 0) is 25.7 Å². The molecule has 3 aliphatic rings. The third-order valence-corrected chi connectivity index (χ3v) is 6.26. The van der Waals surface area contributed by atoms with E-state index in [0.717, 1.165) is 23.4 Å². The fourth-order valence-electron chi connectivity index (χ4n) is 3.48. The van der Waals surface area contributed by atoms with Gasteiger partial charge in [0.25, 0.3) is 0 Å². The molecule has 1 saturated heterocycles. The monoisotopic (exact) mass is 309 g/mol. The van der Waals surface area contributed by atoms with Crippen molar-refractivity contribution in [2.75, 3.05) is 17.2 Å². The van der Waals surface area contributed by atoms with Crippen molar-refractivity contribution in [3.63, 3.8) is 0 Å². The van der Waals surface area contributed by atoms with E-state index >= 15 is 0 Å². The summed E-state index contributed by atoms with van der Waals surface area (Å²) in [7, 11) is 0.